The minimum Gasteiger partial charge on any atom is -0.298 e. The second-order valence-electron chi connectivity index (χ2n) is 2.35. The summed E-state index contributed by atoms with van der Waals surface area (Å²) < 4.78 is 22.5. The highest BCUT2D eigenvalue weighted by Gasteiger charge is 2.12. The number of aldehydes is 1. The SMILES string of the molecule is NS(=O)(=O)c1cc(C=O)ccc1I. The molecule has 0 aromatic heterocycles. The Balaban J connectivity index is 3.44. The number of hydrogen-bond acceptors (Lipinski definition) is 3. The third-order valence-corrected chi connectivity index (χ3v) is 3.66. The van der Waals surface area contributed by atoms with Gasteiger partial charge in [0, 0.05) is 9.13 Å². The molecule has 0 amide bonds. The second-order valence-corrected chi connectivity index (χ2v) is 5.04. The molecule has 0 saturated carbocycles. The molecule has 1 rings (SSSR count). The molecule has 0 radical (unpaired) electrons. The molecule has 1 aromatic rings. The zero-order chi connectivity index (χ0) is 10.1. The van der Waals surface area contributed by atoms with Crippen LogP contribution in [0.15, 0.2) is 23.1 Å². The average Bonchev–Trinajstić information content (AvgIpc) is 2.03. The van der Waals surface area contributed by atoms with Crippen LogP contribution in [0.1, 0.15) is 10.4 Å². The van der Waals surface area contributed by atoms with E-state index in [1.54, 1.807) is 0 Å². The predicted octanol–water partition coefficient (Wildman–Crippen LogP) is 0.751. The number of benzene rings is 1. The summed E-state index contributed by atoms with van der Waals surface area (Å²) in [6.45, 7) is 0. The summed E-state index contributed by atoms with van der Waals surface area (Å²) >= 11 is 1.84. The first-order chi connectivity index (χ1) is 5.95. The molecule has 2 N–H and O–H groups in total. The van der Waals surface area contributed by atoms with Crippen molar-refractivity contribution in [1.29, 1.82) is 0 Å². The van der Waals surface area contributed by atoms with E-state index in [2.05, 4.69) is 0 Å². The average molecular weight is 311 g/mol. The molecule has 70 valence electrons. The molecule has 0 heterocycles. The van der Waals surface area contributed by atoms with Crippen molar-refractivity contribution in [3.63, 3.8) is 0 Å². The third-order valence-electron chi connectivity index (χ3n) is 1.40. The van der Waals surface area contributed by atoms with Crippen molar-refractivity contribution in [3.8, 4) is 0 Å². The highest BCUT2D eigenvalue weighted by molar-refractivity contribution is 14.1. The van der Waals surface area contributed by atoms with Crippen LogP contribution in [0.4, 0.5) is 0 Å². The van der Waals surface area contributed by atoms with Crippen LogP contribution in [0.5, 0.6) is 0 Å². The summed E-state index contributed by atoms with van der Waals surface area (Å²) in [4.78, 5) is 10.3. The Kier molecular flexibility index (Phi) is 3.04. The molecule has 4 nitrogen and oxygen atoms in total. The van der Waals surface area contributed by atoms with Gasteiger partial charge in [-0.1, -0.05) is 6.07 Å². The fourth-order valence-corrected chi connectivity index (χ4v) is 2.71. The quantitative estimate of drug-likeness (QED) is 0.647. The van der Waals surface area contributed by atoms with Crippen molar-refractivity contribution in [2.75, 3.05) is 0 Å². The number of sulfonamides is 1. The first-order valence-electron chi connectivity index (χ1n) is 3.22. The normalized spacial score (nSPS) is 11.2. The molecule has 0 bridgehead atoms. The third kappa shape index (κ3) is 2.48. The molecule has 0 aliphatic carbocycles. The Bertz CT molecular complexity index is 441. The van der Waals surface area contributed by atoms with Crippen molar-refractivity contribution >= 4 is 38.9 Å². The summed E-state index contributed by atoms with van der Waals surface area (Å²) in [5.41, 5.74) is 0.296. The van der Waals surface area contributed by atoms with E-state index in [0.717, 1.165) is 0 Å². The van der Waals surface area contributed by atoms with E-state index in [0.29, 0.717) is 15.4 Å². The van der Waals surface area contributed by atoms with Crippen molar-refractivity contribution in [3.05, 3.63) is 27.3 Å². The van der Waals surface area contributed by atoms with Crippen molar-refractivity contribution in [1.82, 2.24) is 0 Å². The maximum Gasteiger partial charge on any atom is 0.239 e. The van der Waals surface area contributed by atoms with Gasteiger partial charge in [0.2, 0.25) is 10.0 Å². The largest absolute Gasteiger partial charge is 0.298 e. The monoisotopic (exact) mass is 311 g/mol. The van der Waals surface area contributed by atoms with E-state index in [1.807, 2.05) is 22.6 Å². The van der Waals surface area contributed by atoms with Crippen LogP contribution in [0.25, 0.3) is 0 Å². The fraction of sp³-hybridized carbons (Fsp3) is 0. The fourth-order valence-electron chi connectivity index (χ4n) is 0.811. The van der Waals surface area contributed by atoms with Gasteiger partial charge in [0.1, 0.15) is 6.29 Å². The number of carbonyl (C=O) groups excluding carboxylic acids is 1. The molecular formula is C7H6INO3S. The lowest BCUT2D eigenvalue weighted by molar-refractivity contribution is 0.112. The van der Waals surface area contributed by atoms with E-state index in [1.165, 1.54) is 18.2 Å². The van der Waals surface area contributed by atoms with Crippen LogP contribution in [0, 0.1) is 3.57 Å². The number of primary sulfonamides is 1. The molecule has 13 heavy (non-hydrogen) atoms. The number of hydrogen-bond donors (Lipinski definition) is 1. The van der Waals surface area contributed by atoms with Crippen LogP contribution in [-0.4, -0.2) is 14.7 Å². The first-order valence-corrected chi connectivity index (χ1v) is 5.85. The van der Waals surface area contributed by atoms with Gasteiger partial charge in [0.05, 0.1) is 4.90 Å². The molecule has 0 spiro atoms. The molecule has 0 atom stereocenters. The smallest absolute Gasteiger partial charge is 0.239 e. The van der Waals surface area contributed by atoms with E-state index < -0.39 is 10.0 Å². The molecular weight excluding hydrogens is 305 g/mol. The molecule has 0 unspecified atom stereocenters. The van der Waals surface area contributed by atoms with Gasteiger partial charge in [-0.3, -0.25) is 4.79 Å². The minimum absolute atomic E-state index is 0.0160. The minimum atomic E-state index is -3.73. The lowest BCUT2D eigenvalue weighted by atomic mass is 10.2. The van der Waals surface area contributed by atoms with Gasteiger partial charge in [0.25, 0.3) is 0 Å². The lowest BCUT2D eigenvalue weighted by Gasteiger charge is -2.01. The molecule has 0 fully saturated rings. The van der Waals surface area contributed by atoms with Gasteiger partial charge in [-0.15, -0.1) is 0 Å². The van der Waals surface area contributed by atoms with E-state index in [4.69, 9.17) is 5.14 Å². The van der Waals surface area contributed by atoms with Gasteiger partial charge in [0.15, 0.2) is 0 Å². The highest BCUT2D eigenvalue weighted by Crippen LogP contribution is 2.17. The Morgan fingerprint density at radius 1 is 1.38 bits per heavy atom. The summed E-state index contributed by atoms with van der Waals surface area (Å²) in [5.74, 6) is 0. The van der Waals surface area contributed by atoms with E-state index in [9.17, 15) is 13.2 Å². The van der Waals surface area contributed by atoms with Crippen molar-refractivity contribution in [2.24, 2.45) is 5.14 Å². The number of halogens is 1. The van der Waals surface area contributed by atoms with Crippen LogP contribution in [0.2, 0.25) is 0 Å². The van der Waals surface area contributed by atoms with Gasteiger partial charge >= 0.3 is 0 Å². The second kappa shape index (κ2) is 3.72. The summed E-state index contributed by atoms with van der Waals surface area (Å²) in [6.07, 6.45) is 0.574. The Labute approximate surface area is 89.3 Å². The van der Waals surface area contributed by atoms with E-state index in [-0.39, 0.29) is 4.90 Å². The van der Waals surface area contributed by atoms with Crippen molar-refractivity contribution in [2.45, 2.75) is 4.90 Å². The maximum absolute atomic E-state index is 11.0. The van der Waals surface area contributed by atoms with Crippen molar-refractivity contribution < 1.29 is 13.2 Å². The number of nitrogens with two attached hydrogens (primary N) is 1. The zero-order valence-electron chi connectivity index (χ0n) is 6.40. The number of carbonyl (C=O) groups is 1. The number of rotatable bonds is 2. The molecule has 0 aliphatic heterocycles. The van der Waals surface area contributed by atoms with Crippen LogP contribution in [-0.2, 0) is 10.0 Å². The summed E-state index contributed by atoms with van der Waals surface area (Å²) in [7, 11) is -3.73. The molecule has 0 saturated heterocycles. The van der Waals surface area contributed by atoms with E-state index >= 15 is 0 Å². The Morgan fingerprint density at radius 2 is 2.00 bits per heavy atom. The predicted molar refractivity (Wildman–Crippen MR) is 55.9 cm³/mol. The molecule has 0 aliphatic rings. The highest BCUT2D eigenvalue weighted by atomic mass is 127. The van der Waals surface area contributed by atoms with Crippen LogP contribution >= 0.6 is 22.6 Å². The molecule has 6 heteroatoms. The zero-order valence-corrected chi connectivity index (χ0v) is 9.37. The maximum atomic E-state index is 11.0. The Morgan fingerprint density at radius 3 is 2.46 bits per heavy atom. The van der Waals surface area contributed by atoms with Gasteiger partial charge in [-0.05, 0) is 34.7 Å². The summed E-state index contributed by atoms with van der Waals surface area (Å²) in [6, 6.07) is 4.32. The summed E-state index contributed by atoms with van der Waals surface area (Å²) in [5, 5.41) is 4.93. The van der Waals surface area contributed by atoms with Crippen LogP contribution < -0.4 is 5.14 Å². The molecule has 1 aromatic carbocycles. The van der Waals surface area contributed by atoms with Gasteiger partial charge < -0.3 is 0 Å². The topological polar surface area (TPSA) is 77.2 Å². The van der Waals surface area contributed by atoms with Crippen LogP contribution in [0.3, 0.4) is 0 Å². The Hall–Kier alpha value is -0.470. The first kappa shape index (κ1) is 10.6. The standard InChI is InChI=1S/C7H6INO3S/c8-6-2-1-5(4-10)3-7(6)13(9,11)12/h1-4H,(H2,9,11,12). The lowest BCUT2D eigenvalue weighted by Crippen LogP contribution is -2.14. The van der Waals surface area contributed by atoms with Gasteiger partial charge in [-0.2, -0.15) is 0 Å². The van der Waals surface area contributed by atoms with Gasteiger partial charge in [-0.25, -0.2) is 13.6 Å².